The van der Waals surface area contributed by atoms with Gasteiger partial charge < -0.3 is 5.73 Å². The molecule has 0 amide bonds. The summed E-state index contributed by atoms with van der Waals surface area (Å²) in [6.07, 6.45) is 5.64. The zero-order chi connectivity index (χ0) is 14.0. The number of hydrogen-bond acceptors (Lipinski definition) is 2. The molecule has 0 radical (unpaired) electrons. The van der Waals surface area contributed by atoms with Crippen molar-refractivity contribution in [2.75, 3.05) is 0 Å². The van der Waals surface area contributed by atoms with Crippen molar-refractivity contribution < 1.29 is 0 Å². The number of aryl methyl sites for hydroxylation is 2. The van der Waals surface area contributed by atoms with Gasteiger partial charge in [-0.3, -0.25) is 4.68 Å². The molecule has 1 fully saturated rings. The van der Waals surface area contributed by atoms with Gasteiger partial charge in [0, 0.05) is 19.0 Å². The molecule has 3 unspecified atom stereocenters. The molecule has 1 heterocycles. The highest BCUT2D eigenvalue weighted by Gasteiger charge is 2.30. The van der Waals surface area contributed by atoms with E-state index in [2.05, 4.69) is 25.9 Å². The standard InChI is InChI=1S/C15H26ClN3/c1-4-13-15(16)14(19(5-2)18-13)9-12(17)11-8-6-7-10(11)3/h10-12H,4-9,17H2,1-3H3. The van der Waals surface area contributed by atoms with E-state index in [4.69, 9.17) is 17.3 Å². The molecular formula is C15H26ClN3. The Labute approximate surface area is 121 Å². The predicted octanol–water partition coefficient (Wildman–Crippen LogP) is 3.42. The zero-order valence-electron chi connectivity index (χ0n) is 12.3. The molecule has 3 nitrogen and oxygen atoms in total. The number of nitrogens with two attached hydrogens (primary N) is 1. The molecule has 0 aromatic carbocycles. The Morgan fingerprint density at radius 1 is 1.42 bits per heavy atom. The third-order valence-corrected chi connectivity index (χ3v) is 5.04. The Kier molecular flexibility index (Phi) is 4.91. The van der Waals surface area contributed by atoms with Gasteiger partial charge in [0.2, 0.25) is 0 Å². The monoisotopic (exact) mass is 283 g/mol. The second-order valence-electron chi connectivity index (χ2n) is 5.82. The smallest absolute Gasteiger partial charge is 0.0850 e. The first-order valence-electron chi connectivity index (χ1n) is 7.58. The first-order chi connectivity index (χ1) is 9.08. The third-order valence-electron chi connectivity index (χ3n) is 4.60. The molecule has 1 aliphatic rings. The van der Waals surface area contributed by atoms with Gasteiger partial charge >= 0.3 is 0 Å². The van der Waals surface area contributed by atoms with Crippen molar-refractivity contribution in [3.63, 3.8) is 0 Å². The van der Waals surface area contributed by atoms with E-state index in [-0.39, 0.29) is 6.04 Å². The van der Waals surface area contributed by atoms with E-state index < -0.39 is 0 Å². The van der Waals surface area contributed by atoms with Crippen molar-refractivity contribution in [2.24, 2.45) is 17.6 Å². The van der Waals surface area contributed by atoms with Gasteiger partial charge in [0.25, 0.3) is 0 Å². The average molecular weight is 284 g/mol. The van der Waals surface area contributed by atoms with Crippen molar-refractivity contribution in [3.8, 4) is 0 Å². The summed E-state index contributed by atoms with van der Waals surface area (Å²) >= 11 is 6.46. The molecule has 2 N–H and O–H groups in total. The zero-order valence-corrected chi connectivity index (χ0v) is 13.1. The van der Waals surface area contributed by atoms with Gasteiger partial charge in [-0.2, -0.15) is 5.10 Å². The van der Waals surface area contributed by atoms with E-state index in [9.17, 15) is 0 Å². The SMILES string of the molecule is CCc1nn(CC)c(CC(N)C2CCCC2C)c1Cl. The van der Waals surface area contributed by atoms with Crippen LogP contribution in [0.25, 0.3) is 0 Å². The molecule has 3 atom stereocenters. The molecule has 1 aromatic heterocycles. The van der Waals surface area contributed by atoms with E-state index in [1.165, 1.54) is 19.3 Å². The van der Waals surface area contributed by atoms with E-state index in [0.29, 0.717) is 5.92 Å². The van der Waals surface area contributed by atoms with E-state index in [1.54, 1.807) is 0 Å². The number of aromatic nitrogens is 2. The Balaban J connectivity index is 2.15. The largest absolute Gasteiger partial charge is 0.327 e. The van der Waals surface area contributed by atoms with Crippen LogP contribution in [-0.4, -0.2) is 15.8 Å². The fraction of sp³-hybridized carbons (Fsp3) is 0.800. The van der Waals surface area contributed by atoms with Gasteiger partial charge in [-0.1, -0.05) is 38.3 Å². The quantitative estimate of drug-likeness (QED) is 0.900. The van der Waals surface area contributed by atoms with Gasteiger partial charge in [-0.05, 0) is 31.6 Å². The number of nitrogens with zero attached hydrogens (tertiary/aromatic N) is 2. The second kappa shape index (κ2) is 6.27. The van der Waals surface area contributed by atoms with Crippen LogP contribution < -0.4 is 5.73 Å². The molecule has 19 heavy (non-hydrogen) atoms. The molecule has 1 saturated carbocycles. The van der Waals surface area contributed by atoms with Crippen LogP contribution in [0, 0.1) is 11.8 Å². The Bertz CT molecular complexity index is 427. The number of halogens is 1. The van der Waals surface area contributed by atoms with Gasteiger partial charge in [-0.25, -0.2) is 0 Å². The fourth-order valence-electron chi connectivity index (χ4n) is 3.40. The minimum absolute atomic E-state index is 0.210. The van der Waals surface area contributed by atoms with Gasteiger partial charge in [0.15, 0.2) is 0 Å². The molecule has 0 spiro atoms. The predicted molar refractivity (Wildman–Crippen MR) is 80.5 cm³/mol. The summed E-state index contributed by atoms with van der Waals surface area (Å²) in [5.41, 5.74) is 8.58. The van der Waals surface area contributed by atoms with Crippen molar-refractivity contribution in [2.45, 2.75) is 65.5 Å². The fourth-order valence-corrected chi connectivity index (χ4v) is 3.74. The van der Waals surface area contributed by atoms with Crippen LogP contribution in [-0.2, 0) is 19.4 Å². The lowest BCUT2D eigenvalue weighted by Crippen LogP contribution is -2.34. The summed E-state index contributed by atoms with van der Waals surface area (Å²) in [7, 11) is 0. The Morgan fingerprint density at radius 2 is 2.16 bits per heavy atom. The van der Waals surface area contributed by atoms with Crippen molar-refractivity contribution >= 4 is 11.6 Å². The van der Waals surface area contributed by atoms with E-state index >= 15 is 0 Å². The maximum absolute atomic E-state index is 6.46. The van der Waals surface area contributed by atoms with Crippen LogP contribution in [0.2, 0.25) is 5.02 Å². The maximum atomic E-state index is 6.46. The third kappa shape index (κ3) is 2.97. The van der Waals surface area contributed by atoms with E-state index in [1.807, 2.05) is 4.68 Å². The molecule has 4 heteroatoms. The van der Waals surface area contributed by atoms with Crippen LogP contribution in [0.1, 0.15) is 51.4 Å². The number of rotatable bonds is 5. The van der Waals surface area contributed by atoms with Crippen LogP contribution in [0.5, 0.6) is 0 Å². The molecule has 0 bridgehead atoms. The first kappa shape index (κ1) is 14.9. The Hall–Kier alpha value is -0.540. The summed E-state index contributed by atoms with van der Waals surface area (Å²) in [6.45, 7) is 7.39. The molecule has 2 rings (SSSR count). The molecule has 0 saturated heterocycles. The lowest BCUT2D eigenvalue weighted by Gasteiger charge is -2.23. The normalized spacial score (nSPS) is 24.9. The highest BCUT2D eigenvalue weighted by molar-refractivity contribution is 6.31. The highest BCUT2D eigenvalue weighted by Crippen LogP contribution is 2.35. The first-order valence-corrected chi connectivity index (χ1v) is 7.95. The van der Waals surface area contributed by atoms with E-state index in [0.717, 1.165) is 41.7 Å². The lowest BCUT2D eigenvalue weighted by atomic mass is 9.88. The molecular weight excluding hydrogens is 258 g/mol. The van der Waals surface area contributed by atoms with Crippen molar-refractivity contribution in [3.05, 3.63) is 16.4 Å². The summed E-state index contributed by atoms with van der Waals surface area (Å²) in [4.78, 5) is 0. The average Bonchev–Trinajstić information content (AvgIpc) is 2.95. The van der Waals surface area contributed by atoms with Crippen molar-refractivity contribution in [1.29, 1.82) is 0 Å². The number of hydrogen-bond donors (Lipinski definition) is 1. The van der Waals surface area contributed by atoms with Gasteiger partial charge in [0.1, 0.15) is 0 Å². The minimum Gasteiger partial charge on any atom is -0.327 e. The van der Waals surface area contributed by atoms with Crippen molar-refractivity contribution in [1.82, 2.24) is 9.78 Å². The maximum Gasteiger partial charge on any atom is 0.0850 e. The van der Waals surface area contributed by atoms with Gasteiger partial charge in [0.05, 0.1) is 16.4 Å². The second-order valence-corrected chi connectivity index (χ2v) is 6.19. The summed E-state index contributed by atoms with van der Waals surface area (Å²) in [5, 5.41) is 5.41. The minimum atomic E-state index is 0.210. The van der Waals surface area contributed by atoms with Crippen LogP contribution in [0.15, 0.2) is 0 Å². The molecule has 0 aliphatic heterocycles. The lowest BCUT2D eigenvalue weighted by molar-refractivity contribution is 0.338. The van der Waals surface area contributed by atoms with Crippen LogP contribution >= 0.6 is 11.6 Å². The van der Waals surface area contributed by atoms with Gasteiger partial charge in [-0.15, -0.1) is 0 Å². The molecule has 108 valence electrons. The van der Waals surface area contributed by atoms with Crippen LogP contribution in [0.4, 0.5) is 0 Å². The summed E-state index contributed by atoms with van der Waals surface area (Å²) in [5.74, 6) is 1.39. The topological polar surface area (TPSA) is 43.8 Å². The highest BCUT2D eigenvalue weighted by atomic mass is 35.5. The molecule has 1 aromatic rings. The summed E-state index contributed by atoms with van der Waals surface area (Å²) in [6, 6.07) is 0.210. The molecule has 1 aliphatic carbocycles. The summed E-state index contributed by atoms with van der Waals surface area (Å²) < 4.78 is 2.03. The Morgan fingerprint density at radius 3 is 2.68 bits per heavy atom. The van der Waals surface area contributed by atoms with Crippen LogP contribution in [0.3, 0.4) is 0 Å².